The normalized spacial score (nSPS) is 11.6. The van der Waals surface area contributed by atoms with E-state index in [2.05, 4.69) is 5.32 Å². The van der Waals surface area contributed by atoms with Crippen LogP contribution in [0.4, 0.5) is 11.4 Å². The molecule has 20 heavy (non-hydrogen) atoms. The highest BCUT2D eigenvalue weighted by Gasteiger charge is 2.13. The molecule has 0 atom stereocenters. The van der Waals surface area contributed by atoms with E-state index in [1.54, 1.807) is 24.3 Å². The summed E-state index contributed by atoms with van der Waals surface area (Å²) >= 11 is 0. The predicted octanol–water partition coefficient (Wildman–Crippen LogP) is 2.06. The lowest BCUT2D eigenvalue weighted by Gasteiger charge is -2.07. The molecule has 1 amide bonds. The van der Waals surface area contributed by atoms with Crippen LogP contribution in [0.3, 0.4) is 0 Å². The third kappa shape index (κ3) is 6.56. The summed E-state index contributed by atoms with van der Waals surface area (Å²) in [6.45, 7) is 3.73. The Labute approximate surface area is 120 Å². The summed E-state index contributed by atoms with van der Waals surface area (Å²) in [5.41, 5.74) is 6.83. The molecule has 0 aromatic heterocycles. The van der Waals surface area contributed by atoms with Crippen LogP contribution in [0.1, 0.15) is 26.7 Å². The van der Waals surface area contributed by atoms with Gasteiger partial charge in [0, 0.05) is 17.8 Å². The number of carbonyl (C=O) groups is 1. The molecule has 112 valence electrons. The number of nitrogen functional groups attached to an aromatic ring is 1. The zero-order valence-corrected chi connectivity index (χ0v) is 12.7. The van der Waals surface area contributed by atoms with Gasteiger partial charge in [0.25, 0.3) is 0 Å². The topological polar surface area (TPSA) is 89.3 Å². The van der Waals surface area contributed by atoms with E-state index in [0.717, 1.165) is 0 Å². The molecule has 3 N–H and O–H groups in total. The van der Waals surface area contributed by atoms with Crippen molar-refractivity contribution in [1.82, 2.24) is 0 Å². The monoisotopic (exact) mass is 298 g/mol. The Morgan fingerprint density at radius 3 is 2.40 bits per heavy atom. The van der Waals surface area contributed by atoms with Gasteiger partial charge in [-0.05, 0) is 36.6 Å². The van der Waals surface area contributed by atoms with Crippen LogP contribution >= 0.6 is 0 Å². The van der Waals surface area contributed by atoms with Gasteiger partial charge >= 0.3 is 0 Å². The highest BCUT2D eigenvalue weighted by atomic mass is 32.2. The fraction of sp³-hybridized carbons (Fsp3) is 0.500. The molecule has 5 nitrogen and oxygen atoms in total. The first kappa shape index (κ1) is 16.5. The molecule has 1 aromatic carbocycles. The molecule has 0 aliphatic rings. The number of hydrogen-bond donors (Lipinski definition) is 2. The van der Waals surface area contributed by atoms with Crippen LogP contribution in [-0.2, 0) is 14.6 Å². The van der Waals surface area contributed by atoms with Crippen molar-refractivity contribution < 1.29 is 13.2 Å². The molecule has 0 heterocycles. The lowest BCUT2D eigenvalue weighted by Crippen LogP contribution is -2.18. The van der Waals surface area contributed by atoms with E-state index < -0.39 is 9.84 Å². The van der Waals surface area contributed by atoms with Crippen LogP contribution in [0.25, 0.3) is 0 Å². The number of anilines is 2. The molecule has 0 saturated heterocycles. The molecule has 0 fully saturated rings. The molecule has 0 radical (unpaired) electrons. The van der Waals surface area contributed by atoms with Gasteiger partial charge in [-0.1, -0.05) is 13.8 Å². The first-order valence-corrected chi connectivity index (χ1v) is 8.46. The first-order valence-electron chi connectivity index (χ1n) is 6.64. The second-order valence-corrected chi connectivity index (χ2v) is 7.51. The summed E-state index contributed by atoms with van der Waals surface area (Å²) in [6, 6.07) is 6.82. The fourth-order valence-electron chi connectivity index (χ4n) is 1.83. The Hall–Kier alpha value is -1.56. The van der Waals surface area contributed by atoms with Crippen molar-refractivity contribution in [2.45, 2.75) is 26.7 Å². The molecule has 1 aromatic rings. The SMILES string of the molecule is CC(C)CS(=O)(=O)CCCC(=O)Nc1ccc(N)cc1. The van der Waals surface area contributed by atoms with E-state index in [4.69, 9.17) is 5.73 Å². The maximum absolute atomic E-state index is 11.7. The summed E-state index contributed by atoms with van der Waals surface area (Å²) in [7, 11) is -3.05. The van der Waals surface area contributed by atoms with Crippen LogP contribution in [0.15, 0.2) is 24.3 Å². The van der Waals surface area contributed by atoms with E-state index in [9.17, 15) is 13.2 Å². The van der Waals surface area contributed by atoms with Gasteiger partial charge in [0.2, 0.25) is 5.91 Å². The fourth-order valence-corrected chi connectivity index (χ4v) is 3.60. The van der Waals surface area contributed by atoms with Gasteiger partial charge in [-0.3, -0.25) is 4.79 Å². The summed E-state index contributed by atoms with van der Waals surface area (Å²) in [5, 5.41) is 2.71. The van der Waals surface area contributed by atoms with Crippen LogP contribution in [0.2, 0.25) is 0 Å². The molecule has 0 saturated carbocycles. The highest BCUT2D eigenvalue weighted by molar-refractivity contribution is 7.91. The Morgan fingerprint density at radius 1 is 1.25 bits per heavy atom. The van der Waals surface area contributed by atoms with Gasteiger partial charge in [-0.2, -0.15) is 0 Å². The van der Waals surface area contributed by atoms with E-state index in [-0.39, 0.29) is 29.8 Å². The Bertz CT molecular complexity index is 536. The number of benzene rings is 1. The van der Waals surface area contributed by atoms with Crippen molar-refractivity contribution in [2.75, 3.05) is 22.6 Å². The number of rotatable bonds is 7. The Balaban J connectivity index is 2.35. The highest BCUT2D eigenvalue weighted by Crippen LogP contribution is 2.11. The lowest BCUT2D eigenvalue weighted by atomic mass is 10.2. The van der Waals surface area contributed by atoms with Gasteiger partial charge in [0.1, 0.15) is 0 Å². The number of nitrogens with two attached hydrogens (primary N) is 1. The number of sulfone groups is 1. The third-order valence-electron chi connectivity index (χ3n) is 2.64. The number of hydrogen-bond acceptors (Lipinski definition) is 4. The van der Waals surface area contributed by atoms with Gasteiger partial charge in [0.15, 0.2) is 9.84 Å². The van der Waals surface area contributed by atoms with Gasteiger partial charge < -0.3 is 11.1 Å². The zero-order chi connectivity index (χ0) is 15.2. The molecule has 1 rings (SSSR count). The molecule has 0 aliphatic carbocycles. The van der Waals surface area contributed by atoms with Crippen LogP contribution in [0.5, 0.6) is 0 Å². The van der Waals surface area contributed by atoms with Crippen molar-refractivity contribution in [2.24, 2.45) is 5.92 Å². The molecule has 0 spiro atoms. The largest absolute Gasteiger partial charge is 0.399 e. The molecule has 0 aliphatic heterocycles. The van der Waals surface area contributed by atoms with Gasteiger partial charge in [-0.25, -0.2) is 8.42 Å². The van der Waals surface area contributed by atoms with Crippen molar-refractivity contribution in [3.05, 3.63) is 24.3 Å². The van der Waals surface area contributed by atoms with Crippen LogP contribution in [0, 0.1) is 5.92 Å². The molecule has 6 heteroatoms. The second kappa shape index (κ2) is 7.28. The minimum Gasteiger partial charge on any atom is -0.399 e. The molecule has 0 unspecified atom stereocenters. The second-order valence-electron chi connectivity index (χ2n) is 5.28. The third-order valence-corrected chi connectivity index (χ3v) is 4.73. The Morgan fingerprint density at radius 2 is 1.85 bits per heavy atom. The predicted molar refractivity (Wildman–Crippen MR) is 82.2 cm³/mol. The van der Waals surface area contributed by atoms with Crippen LogP contribution < -0.4 is 11.1 Å². The molecular weight excluding hydrogens is 276 g/mol. The minimum absolute atomic E-state index is 0.0559. The quantitative estimate of drug-likeness (QED) is 0.754. The van der Waals surface area contributed by atoms with E-state index in [0.29, 0.717) is 17.8 Å². The summed E-state index contributed by atoms with van der Waals surface area (Å²) in [6.07, 6.45) is 0.539. The van der Waals surface area contributed by atoms with Crippen molar-refractivity contribution in [3.8, 4) is 0 Å². The van der Waals surface area contributed by atoms with Gasteiger partial charge in [0.05, 0.1) is 11.5 Å². The maximum atomic E-state index is 11.7. The van der Waals surface area contributed by atoms with Crippen molar-refractivity contribution >= 4 is 27.1 Å². The van der Waals surface area contributed by atoms with Crippen molar-refractivity contribution in [3.63, 3.8) is 0 Å². The number of carbonyl (C=O) groups excluding carboxylic acids is 1. The van der Waals surface area contributed by atoms with E-state index in [1.165, 1.54) is 0 Å². The number of amides is 1. The lowest BCUT2D eigenvalue weighted by molar-refractivity contribution is -0.116. The summed E-state index contributed by atoms with van der Waals surface area (Å²) < 4.78 is 23.3. The smallest absolute Gasteiger partial charge is 0.224 e. The standard InChI is InChI=1S/C14H22N2O3S/c1-11(2)10-20(18,19)9-3-4-14(17)16-13-7-5-12(15)6-8-13/h5-8,11H,3-4,9-10,15H2,1-2H3,(H,16,17). The van der Waals surface area contributed by atoms with E-state index in [1.807, 2.05) is 13.8 Å². The first-order chi connectivity index (χ1) is 9.28. The molecular formula is C14H22N2O3S. The molecule has 0 bridgehead atoms. The number of nitrogens with one attached hydrogen (secondary N) is 1. The Kier molecular flexibility index (Phi) is 6.01. The average molecular weight is 298 g/mol. The van der Waals surface area contributed by atoms with Crippen molar-refractivity contribution in [1.29, 1.82) is 0 Å². The van der Waals surface area contributed by atoms with Crippen LogP contribution in [-0.4, -0.2) is 25.8 Å². The van der Waals surface area contributed by atoms with Gasteiger partial charge in [-0.15, -0.1) is 0 Å². The summed E-state index contributed by atoms with van der Waals surface area (Å²) in [5.74, 6) is 0.158. The minimum atomic E-state index is -3.05. The zero-order valence-electron chi connectivity index (χ0n) is 11.9. The maximum Gasteiger partial charge on any atom is 0.224 e. The summed E-state index contributed by atoms with van der Waals surface area (Å²) in [4.78, 5) is 11.7. The van der Waals surface area contributed by atoms with E-state index >= 15 is 0 Å². The average Bonchev–Trinajstić information content (AvgIpc) is 2.30.